The number of rotatable bonds is 4. The van der Waals surface area contributed by atoms with E-state index in [4.69, 9.17) is 0 Å². The molecule has 92 valence electrons. The molecule has 1 heterocycles. The van der Waals surface area contributed by atoms with Crippen molar-refractivity contribution in [2.45, 2.75) is 25.3 Å². The number of aliphatic hydroxyl groups excluding tert-OH is 1. The highest BCUT2D eigenvalue weighted by atomic mass is 16.3. The average Bonchev–Trinajstić information content (AvgIpc) is 2.71. The van der Waals surface area contributed by atoms with E-state index in [1.807, 2.05) is 12.1 Å². The number of fused-ring (bicyclic) bond motifs is 1. The second-order valence-corrected chi connectivity index (χ2v) is 4.48. The number of nitrogens with one attached hydrogen (secondary N) is 2. The summed E-state index contributed by atoms with van der Waals surface area (Å²) >= 11 is 0. The fourth-order valence-electron chi connectivity index (χ4n) is 2.38. The van der Waals surface area contributed by atoms with E-state index in [2.05, 4.69) is 22.8 Å². The monoisotopic (exact) mass is 234 g/mol. The summed E-state index contributed by atoms with van der Waals surface area (Å²) in [6.45, 7) is 2.33. The highest BCUT2D eigenvalue weighted by Crippen LogP contribution is 2.33. The van der Waals surface area contributed by atoms with E-state index in [9.17, 15) is 9.90 Å². The summed E-state index contributed by atoms with van der Waals surface area (Å²) in [4.78, 5) is 11.0. The van der Waals surface area contributed by atoms with Gasteiger partial charge >= 0.3 is 0 Å². The number of para-hydroxylation sites is 1. The first-order valence-corrected chi connectivity index (χ1v) is 5.91. The number of hydrogen-bond acceptors (Lipinski definition) is 3. The normalized spacial score (nSPS) is 19.3. The molecule has 0 bridgehead atoms. The van der Waals surface area contributed by atoms with Crippen molar-refractivity contribution in [3.63, 3.8) is 0 Å². The van der Waals surface area contributed by atoms with Crippen LogP contribution in [0.3, 0.4) is 0 Å². The van der Waals surface area contributed by atoms with Gasteiger partial charge in [-0.3, -0.25) is 4.79 Å². The summed E-state index contributed by atoms with van der Waals surface area (Å²) < 4.78 is 0. The molecule has 0 aliphatic carbocycles. The van der Waals surface area contributed by atoms with E-state index in [-0.39, 0.29) is 18.6 Å². The van der Waals surface area contributed by atoms with E-state index < -0.39 is 0 Å². The molecule has 0 saturated heterocycles. The van der Waals surface area contributed by atoms with Crippen molar-refractivity contribution in [1.82, 2.24) is 5.32 Å². The quantitative estimate of drug-likeness (QED) is 0.730. The molecule has 0 saturated carbocycles. The predicted molar refractivity (Wildman–Crippen MR) is 67.0 cm³/mol. The minimum atomic E-state index is -0.162. The zero-order valence-electron chi connectivity index (χ0n) is 9.94. The highest BCUT2D eigenvalue weighted by molar-refractivity contribution is 5.73. The van der Waals surface area contributed by atoms with Crippen molar-refractivity contribution in [1.29, 1.82) is 0 Å². The largest absolute Gasteiger partial charge is 0.394 e. The number of anilines is 1. The molecule has 4 heteroatoms. The SMILES string of the molecule is CC(=O)N[C@H](CO)CC1CNc2ccccc21. The minimum absolute atomic E-state index is 0.0156. The Bertz CT molecular complexity index is 406. The smallest absolute Gasteiger partial charge is 0.217 e. The van der Waals surface area contributed by atoms with Crippen LogP contribution in [0.15, 0.2) is 24.3 Å². The molecule has 1 aliphatic rings. The number of benzene rings is 1. The van der Waals surface area contributed by atoms with Crippen LogP contribution in [0, 0.1) is 0 Å². The Hall–Kier alpha value is -1.55. The molecule has 0 fully saturated rings. The van der Waals surface area contributed by atoms with Gasteiger partial charge in [-0.1, -0.05) is 18.2 Å². The lowest BCUT2D eigenvalue weighted by molar-refractivity contribution is -0.120. The topological polar surface area (TPSA) is 61.4 Å². The lowest BCUT2D eigenvalue weighted by Crippen LogP contribution is -2.37. The first-order chi connectivity index (χ1) is 8.20. The Balaban J connectivity index is 2.03. The van der Waals surface area contributed by atoms with Crippen LogP contribution in [0.25, 0.3) is 0 Å². The van der Waals surface area contributed by atoms with Gasteiger partial charge in [0.2, 0.25) is 5.91 Å². The lowest BCUT2D eigenvalue weighted by Gasteiger charge is -2.19. The van der Waals surface area contributed by atoms with Gasteiger partial charge in [0.1, 0.15) is 0 Å². The van der Waals surface area contributed by atoms with Gasteiger partial charge in [0.25, 0.3) is 0 Å². The van der Waals surface area contributed by atoms with Crippen LogP contribution in [0.4, 0.5) is 5.69 Å². The molecule has 2 rings (SSSR count). The molecular weight excluding hydrogens is 216 g/mol. The highest BCUT2D eigenvalue weighted by Gasteiger charge is 2.24. The minimum Gasteiger partial charge on any atom is -0.394 e. The summed E-state index contributed by atoms with van der Waals surface area (Å²) in [6, 6.07) is 8.02. The third-order valence-corrected chi connectivity index (χ3v) is 3.14. The summed E-state index contributed by atoms with van der Waals surface area (Å²) in [7, 11) is 0. The van der Waals surface area contributed by atoms with Crippen LogP contribution in [-0.2, 0) is 4.79 Å². The van der Waals surface area contributed by atoms with Crippen molar-refractivity contribution in [3.8, 4) is 0 Å². The number of aliphatic hydroxyl groups is 1. The molecule has 0 aromatic heterocycles. The van der Waals surface area contributed by atoms with Crippen LogP contribution in [-0.4, -0.2) is 30.2 Å². The van der Waals surface area contributed by atoms with Crippen LogP contribution in [0.1, 0.15) is 24.8 Å². The van der Waals surface area contributed by atoms with Crippen molar-refractivity contribution in [2.24, 2.45) is 0 Å². The molecule has 4 nitrogen and oxygen atoms in total. The Morgan fingerprint density at radius 2 is 2.35 bits per heavy atom. The third kappa shape index (κ3) is 2.77. The van der Waals surface area contributed by atoms with Gasteiger partial charge in [0.05, 0.1) is 12.6 Å². The van der Waals surface area contributed by atoms with E-state index >= 15 is 0 Å². The average molecular weight is 234 g/mol. The molecule has 1 aromatic carbocycles. The van der Waals surface area contributed by atoms with E-state index in [0.717, 1.165) is 18.7 Å². The van der Waals surface area contributed by atoms with E-state index in [1.165, 1.54) is 12.5 Å². The third-order valence-electron chi connectivity index (χ3n) is 3.14. The van der Waals surface area contributed by atoms with Gasteiger partial charge in [0, 0.05) is 25.1 Å². The molecule has 1 amide bonds. The second-order valence-electron chi connectivity index (χ2n) is 4.48. The Morgan fingerprint density at radius 1 is 1.59 bits per heavy atom. The molecule has 0 radical (unpaired) electrons. The van der Waals surface area contributed by atoms with Gasteiger partial charge in [-0.15, -0.1) is 0 Å². The maximum atomic E-state index is 11.0. The summed E-state index contributed by atoms with van der Waals surface area (Å²) in [6.07, 6.45) is 0.764. The standard InChI is InChI=1S/C13H18N2O2/c1-9(17)15-11(8-16)6-10-7-14-13-5-3-2-4-12(10)13/h2-5,10-11,14,16H,6-8H2,1H3,(H,15,17)/t10?,11-/m0/s1. The van der Waals surface area contributed by atoms with Gasteiger partial charge in [0.15, 0.2) is 0 Å². The van der Waals surface area contributed by atoms with Gasteiger partial charge in [-0.2, -0.15) is 0 Å². The lowest BCUT2D eigenvalue weighted by atomic mass is 9.94. The van der Waals surface area contributed by atoms with E-state index in [0.29, 0.717) is 5.92 Å². The molecular formula is C13H18N2O2. The first kappa shape index (κ1) is 11.9. The molecule has 17 heavy (non-hydrogen) atoms. The maximum absolute atomic E-state index is 11.0. The number of carbonyl (C=O) groups excluding carboxylic acids is 1. The second kappa shape index (κ2) is 5.19. The van der Waals surface area contributed by atoms with Crippen LogP contribution < -0.4 is 10.6 Å². The van der Waals surface area contributed by atoms with E-state index in [1.54, 1.807) is 0 Å². The number of amides is 1. The zero-order valence-corrected chi connectivity index (χ0v) is 9.94. The fraction of sp³-hybridized carbons (Fsp3) is 0.462. The zero-order chi connectivity index (χ0) is 12.3. The molecule has 1 unspecified atom stereocenters. The molecule has 0 spiro atoms. The van der Waals surface area contributed by atoms with Crippen LogP contribution in [0.5, 0.6) is 0 Å². The van der Waals surface area contributed by atoms with Crippen molar-refractivity contribution in [2.75, 3.05) is 18.5 Å². The fourth-order valence-corrected chi connectivity index (χ4v) is 2.38. The molecule has 2 atom stereocenters. The van der Waals surface area contributed by atoms with Crippen LogP contribution in [0.2, 0.25) is 0 Å². The summed E-state index contributed by atoms with van der Waals surface area (Å²) in [5.74, 6) is 0.262. The van der Waals surface area contributed by atoms with Crippen molar-refractivity contribution >= 4 is 11.6 Å². The summed E-state index contributed by atoms with van der Waals surface area (Å²) in [5.41, 5.74) is 2.44. The maximum Gasteiger partial charge on any atom is 0.217 e. The van der Waals surface area contributed by atoms with Crippen LogP contribution >= 0.6 is 0 Å². The molecule has 1 aliphatic heterocycles. The molecule has 3 N–H and O–H groups in total. The number of carbonyl (C=O) groups is 1. The Kier molecular flexibility index (Phi) is 3.64. The van der Waals surface area contributed by atoms with Crippen molar-refractivity contribution in [3.05, 3.63) is 29.8 Å². The summed E-state index contributed by atoms with van der Waals surface area (Å²) in [5, 5.41) is 15.4. The number of hydrogen-bond donors (Lipinski definition) is 3. The van der Waals surface area contributed by atoms with Gasteiger partial charge in [-0.05, 0) is 18.1 Å². The Morgan fingerprint density at radius 3 is 3.06 bits per heavy atom. The van der Waals surface area contributed by atoms with Crippen molar-refractivity contribution < 1.29 is 9.90 Å². The molecule has 1 aromatic rings. The Labute approximate surface area is 101 Å². The van der Waals surface area contributed by atoms with Gasteiger partial charge in [-0.25, -0.2) is 0 Å². The first-order valence-electron chi connectivity index (χ1n) is 5.91. The van der Waals surface area contributed by atoms with Gasteiger partial charge < -0.3 is 15.7 Å². The predicted octanol–water partition coefficient (Wildman–Crippen LogP) is 1.08.